The zero-order valence-electron chi connectivity index (χ0n) is 11.3. The molecule has 0 radical (unpaired) electrons. The molecule has 0 heterocycles. The number of rotatable bonds is 2. The van der Waals surface area contributed by atoms with Gasteiger partial charge in [-0.15, -0.1) is 0 Å². The summed E-state index contributed by atoms with van der Waals surface area (Å²) in [6.45, 7) is 0. The van der Waals surface area contributed by atoms with Crippen molar-refractivity contribution in [2.45, 2.75) is 31.2 Å². The number of carbonyl (C=O) groups is 1. The van der Waals surface area contributed by atoms with Crippen LogP contribution in [-0.2, 0) is 0 Å². The monoisotopic (exact) mass is 310 g/mol. The number of fused-ring (bicyclic) bond motifs is 2. The lowest BCUT2D eigenvalue weighted by Gasteiger charge is -2.29. The third-order valence-electron chi connectivity index (χ3n) is 4.41. The second-order valence-electron chi connectivity index (χ2n) is 5.79. The normalized spacial score (nSPS) is 29.1. The molecule has 2 aliphatic rings. The molecule has 0 aromatic heterocycles. The van der Waals surface area contributed by atoms with Gasteiger partial charge in [0.1, 0.15) is 0 Å². The smallest absolute Gasteiger partial charge is 0.257 e. The molecule has 2 bridgehead atoms. The number of carbonyl (C=O) groups excluding carboxylic acids is 1. The van der Waals surface area contributed by atoms with E-state index < -0.39 is 11.8 Å². The van der Waals surface area contributed by atoms with Crippen LogP contribution >= 0.6 is 12.2 Å². The van der Waals surface area contributed by atoms with Crippen molar-refractivity contribution >= 4 is 23.2 Å². The SMILES string of the molecule is O=C(NC(=S)N[C@H]1C[C@H]2C[C@@H]1CC2(F)F)c1ccccc1. The maximum atomic E-state index is 13.5. The molecule has 3 atom stereocenters. The van der Waals surface area contributed by atoms with Crippen LogP contribution < -0.4 is 10.6 Å². The number of alkyl halides is 2. The van der Waals surface area contributed by atoms with Crippen molar-refractivity contribution in [3.63, 3.8) is 0 Å². The fourth-order valence-corrected chi connectivity index (χ4v) is 3.60. The van der Waals surface area contributed by atoms with Crippen molar-refractivity contribution < 1.29 is 13.6 Å². The van der Waals surface area contributed by atoms with Crippen LogP contribution in [-0.4, -0.2) is 23.0 Å². The number of amides is 1. The number of nitrogens with one attached hydrogen (secondary N) is 2. The van der Waals surface area contributed by atoms with Crippen LogP contribution in [0.1, 0.15) is 29.6 Å². The summed E-state index contributed by atoms with van der Waals surface area (Å²) < 4.78 is 26.9. The van der Waals surface area contributed by atoms with E-state index in [0.717, 1.165) is 0 Å². The Kier molecular flexibility index (Phi) is 3.65. The average Bonchev–Trinajstić information content (AvgIpc) is 2.95. The highest BCUT2D eigenvalue weighted by atomic mass is 32.1. The molecule has 1 aromatic carbocycles. The summed E-state index contributed by atoms with van der Waals surface area (Å²) in [5.41, 5.74) is 0.515. The van der Waals surface area contributed by atoms with E-state index in [1.54, 1.807) is 24.3 Å². The van der Waals surface area contributed by atoms with E-state index >= 15 is 0 Å². The van der Waals surface area contributed by atoms with Crippen molar-refractivity contribution in [1.29, 1.82) is 0 Å². The summed E-state index contributed by atoms with van der Waals surface area (Å²) in [6, 6.07) is 8.68. The summed E-state index contributed by atoms with van der Waals surface area (Å²) in [5.74, 6) is -3.43. The summed E-state index contributed by atoms with van der Waals surface area (Å²) >= 11 is 5.11. The molecule has 0 saturated heterocycles. The summed E-state index contributed by atoms with van der Waals surface area (Å²) in [7, 11) is 0. The van der Waals surface area contributed by atoms with E-state index in [1.807, 2.05) is 6.07 Å². The van der Waals surface area contributed by atoms with Gasteiger partial charge >= 0.3 is 0 Å². The van der Waals surface area contributed by atoms with Gasteiger partial charge in [0.2, 0.25) is 0 Å². The molecular weight excluding hydrogens is 294 g/mol. The highest BCUT2D eigenvalue weighted by Gasteiger charge is 2.56. The van der Waals surface area contributed by atoms with Crippen molar-refractivity contribution in [1.82, 2.24) is 10.6 Å². The van der Waals surface area contributed by atoms with E-state index in [9.17, 15) is 13.6 Å². The number of hydrogen-bond acceptors (Lipinski definition) is 2. The van der Waals surface area contributed by atoms with Crippen LogP contribution in [0.2, 0.25) is 0 Å². The van der Waals surface area contributed by atoms with Crippen molar-refractivity contribution in [2.24, 2.45) is 11.8 Å². The van der Waals surface area contributed by atoms with Gasteiger partial charge in [-0.05, 0) is 43.1 Å². The van der Waals surface area contributed by atoms with Crippen LogP contribution in [0.15, 0.2) is 30.3 Å². The van der Waals surface area contributed by atoms with Gasteiger partial charge in [-0.1, -0.05) is 18.2 Å². The average molecular weight is 310 g/mol. The predicted molar refractivity (Wildman–Crippen MR) is 79.2 cm³/mol. The van der Waals surface area contributed by atoms with Crippen LogP contribution in [0.3, 0.4) is 0 Å². The van der Waals surface area contributed by atoms with Crippen LogP contribution in [0.25, 0.3) is 0 Å². The standard InChI is InChI=1S/C15H16F2N2OS/c16-15(17)8-10-6-11(15)7-12(10)18-14(21)19-13(20)9-4-2-1-3-5-9/h1-5,10-12H,6-8H2,(H2,18,19,20,21)/t10-,11-,12+/m1/s1. The largest absolute Gasteiger partial charge is 0.359 e. The minimum atomic E-state index is -2.53. The van der Waals surface area contributed by atoms with Crippen molar-refractivity contribution in [3.8, 4) is 0 Å². The molecule has 2 fully saturated rings. The summed E-state index contributed by atoms with van der Waals surface area (Å²) in [4.78, 5) is 11.9. The first kappa shape index (κ1) is 14.4. The first-order chi connectivity index (χ1) is 9.95. The Morgan fingerprint density at radius 2 is 1.95 bits per heavy atom. The number of thiocarbonyl (C=S) groups is 1. The van der Waals surface area contributed by atoms with Crippen molar-refractivity contribution in [3.05, 3.63) is 35.9 Å². The van der Waals surface area contributed by atoms with E-state index in [4.69, 9.17) is 12.2 Å². The molecule has 6 heteroatoms. The van der Waals surface area contributed by atoms with Gasteiger partial charge in [0.15, 0.2) is 5.11 Å². The van der Waals surface area contributed by atoms with E-state index in [0.29, 0.717) is 18.4 Å². The fourth-order valence-electron chi connectivity index (χ4n) is 3.36. The molecule has 3 rings (SSSR count). The fraction of sp³-hybridized carbons (Fsp3) is 0.467. The Morgan fingerprint density at radius 1 is 1.24 bits per heavy atom. The van der Waals surface area contributed by atoms with Gasteiger partial charge in [-0.2, -0.15) is 0 Å². The third-order valence-corrected chi connectivity index (χ3v) is 4.63. The minimum Gasteiger partial charge on any atom is -0.359 e. The molecule has 0 aliphatic heterocycles. The number of halogens is 2. The topological polar surface area (TPSA) is 41.1 Å². The molecule has 0 unspecified atom stereocenters. The van der Waals surface area contributed by atoms with Gasteiger partial charge < -0.3 is 5.32 Å². The molecule has 3 nitrogen and oxygen atoms in total. The van der Waals surface area contributed by atoms with E-state index in [1.165, 1.54) is 0 Å². The van der Waals surface area contributed by atoms with E-state index in [-0.39, 0.29) is 29.4 Å². The van der Waals surface area contributed by atoms with Gasteiger partial charge in [0.05, 0.1) is 0 Å². The maximum Gasteiger partial charge on any atom is 0.257 e. The Balaban J connectivity index is 1.53. The lowest BCUT2D eigenvalue weighted by atomic mass is 9.92. The van der Waals surface area contributed by atoms with Crippen LogP contribution in [0.4, 0.5) is 8.78 Å². The predicted octanol–water partition coefficient (Wildman–Crippen LogP) is 2.72. The molecule has 0 spiro atoms. The quantitative estimate of drug-likeness (QED) is 0.825. The Hall–Kier alpha value is -1.56. The molecule has 2 aliphatic carbocycles. The van der Waals surface area contributed by atoms with E-state index in [2.05, 4.69) is 10.6 Å². The first-order valence-corrected chi connectivity index (χ1v) is 7.41. The molecule has 2 N–H and O–H groups in total. The van der Waals surface area contributed by atoms with Gasteiger partial charge in [0, 0.05) is 23.9 Å². The molecule has 21 heavy (non-hydrogen) atoms. The molecular formula is C15H16F2N2OS. The molecule has 1 amide bonds. The van der Waals surface area contributed by atoms with Gasteiger partial charge in [-0.25, -0.2) is 8.78 Å². The molecule has 112 valence electrons. The van der Waals surface area contributed by atoms with Crippen molar-refractivity contribution in [2.75, 3.05) is 0 Å². The molecule has 2 saturated carbocycles. The summed E-state index contributed by atoms with van der Waals surface area (Å²) in [6.07, 6.45) is 0.878. The third kappa shape index (κ3) is 2.90. The van der Waals surface area contributed by atoms with Crippen LogP contribution in [0, 0.1) is 11.8 Å². The van der Waals surface area contributed by atoms with Gasteiger partial charge in [-0.3, -0.25) is 10.1 Å². The zero-order chi connectivity index (χ0) is 15.0. The lowest BCUT2D eigenvalue weighted by Crippen LogP contribution is -2.48. The lowest BCUT2D eigenvalue weighted by molar-refractivity contribution is -0.0554. The Bertz CT molecular complexity index is 564. The zero-order valence-corrected chi connectivity index (χ0v) is 12.1. The minimum absolute atomic E-state index is 0.0572. The summed E-state index contributed by atoms with van der Waals surface area (Å²) in [5, 5.41) is 5.82. The van der Waals surface area contributed by atoms with Crippen LogP contribution in [0.5, 0.6) is 0 Å². The second kappa shape index (κ2) is 5.33. The highest BCUT2D eigenvalue weighted by Crippen LogP contribution is 2.53. The maximum absolute atomic E-state index is 13.5. The highest BCUT2D eigenvalue weighted by molar-refractivity contribution is 7.80. The number of hydrogen-bond donors (Lipinski definition) is 2. The first-order valence-electron chi connectivity index (χ1n) is 7.00. The van der Waals surface area contributed by atoms with Gasteiger partial charge in [0.25, 0.3) is 11.8 Å². The Labute approximate surface area is 127 Å². The second-order valence-corrected chi connectivity index (χ2v) is 6.20. The molecule has 1 aromatic rings. The Morgan fingerprint density at radius 3 is 2.52 bits per heavy atom. The number of benzene rings is 1.